The van der Waals surface area contributed by atoms with Crippen LogP contribution >= 0.6 is 0 Å². The molecule has 0 aromatic carbocycles. The van der Waals surface area contributed by atoms with E-state index in [0.717, 1.165) is 45.3 Å². The largest absolute Gasteiger partial charge is 0.393 e. The fourth-order valence-corrected chi connectivity index (χ4v) is 4.92. The molecule has 3 heteroatoms. The van der Waals surface area contributed by atoms with Gasteiger partial charge in [0.05, 0.1) is 12.7 Å². The molecule has 1 N–H and O–H groups in total. The standard InChI is InChI=1S/C15H26O3/c1-4-17-15-8-5-11-13(2,3)12(16)6-7-14(11,9-15)10-18-15/h11-12,16H,4-10H2,1-3H3/t11-,12-,14+,15-/m0/s1. The molecule has 3 fully saturated rings. The molecule has 2 saturated carbocycles. The molecule has 0 amide bonds. The van der Waals surface area contributed by atoms with Gasteiger partial charge in [0.15, 0.2) is 5.79 Å². The van der Waals surface area contributed by atoms with Gasteiger partial charge in [0, 0.05) is 24.9 Å². The van der Waals surface area contributed by atoms with Gasteiger partial charge in [-0.05, 0) is 37.5 Å². The van der Waals surface area contributed by atoms with Crippen molar-refractivity contribution >= 4 is 0 Å². The van der Waals surface area contributed by atoms with Crippen molar-refractivity contribution in [1.29, 1.82) is 0 Å². The smallest absolute Gasteiger partial charge is 0.168 e. The van der Waals surface area contributed by atoms with Crippen LogP contribution in [0.5, 0.6) is 0 Å². The Morgan fingerprint density at radius 2 is 2.06 bits per heavy atom. The summed E-state index contributed by atoms with van der Waals surface area (Å²) < 4.78 is 12.0. The number of aliphatic hydroxyl groups excluding tert-OH is 1. The summed E-state index contributed by atoms with van der Waals surface area (Å²) in [6.07, 6.45) is 5.00. The van der Waals surface area contributed by atoms with Crippen LogP contribution in [0.2, 0.25) is 0 Å². The monoisotopic (exact) mass is 254 g/mol. The van der Waals surface area contributed by atoms with E-state index in [4.69, 9.17) is 9.47 Å². The van der Waals surface area contributed by atoms with Gasteiger partial charge in [0.2, 0.25) is 0 Å². The fourth-order valence-electron chi connectivity index (χ4n) is 4.92. The highest BCUT2D eigenvalue weighted by molar-refractivity contribution is 5.09. The third kappa shape index (κ3) is 1.60. The molecule has 0 aromatic rings. The summed E-state index contributed by atoms with van der Waals surface area (Å²) >= 11 is 0. The number of rotatable bonds is 2. The molecule has 0 unspecified atom stereocenters. The van der Waals surface area contributed by atoms with E-state index in [1.807, 2.05) is 6.92 Å². The number of hydrogen-bond acceptors (Lipinski definition) is 3. The van der Waals surface area contributed by atoms with Crippen LogP contribution in [-0.4, -0.2) is 30.2 Å². The van der Waals surface area contributed by atoms with Crippen molar-refractivity contribution in [2.75, 3.05) is 13.2 Å². The molecule has 1 spiro atoms. The summed E-state index contributed by atoms with van der Waals surface area (Å²) in [5.41, 5.74) is 0.278. The Bertz CT molecular complexity index is 341. The average molecular weight is 254 g/mol. The lowest BCUT2D eigenvalue weighted by Crippen LogP contribution is -2.54. The topological polar surface area (TPSA) is 38.7 Å². The van der Waals surface area contributed by atoms with E-state index in [0.29, 0.717) is 5.92 Å². The van der Waals surface area contributed by atoms with Crippen LogP contribution in [-0.2, 0) is 9.47 Å². The molecule has 3 aliphatic rings. The summed E-state index contributed by atoms with van der Waals surface area (Å²) in [6, 6.07) is 0. The van der Waals surface area contributed by atoms with Crippen LogP contribution in [0.25, 0.3) is 0 Å². The minimum Gasteiger partial charge on any atom is -0.393 e. The Kier molecular flexibility index (Phi) is 2.82. The molecular formula is C15H26O3. The zero-order chi connectivity index (χ0) is 13.0. The molecule has 0 aromatic heterocycles. The normalized spacial score (nSPS) is 50.0. The van der Waals surface area contributed by atoms with E-state index in [9.17, 15) is 5.11 Å². The molecule has 2 aliphatic carbocycles. The second kappa shape index (κ2) is 3.94. The van der Waals surface area contributed by atoms with Gasteiger partial charge < -0.3 is 14.6 Å². The van der Waals surface area contributed by atoms with Crippen molar-refractivity contribution in [3.05, 3.63) is 0 Å². The Morgan fingerprint density at radius 3 is 2.78 bits per heavy atom. The highest BCUT2D eigenvalue weighted by Gasteiger charge is 2.63. The molecule has 1 saturated heterocycles. The first kappa shape index (κ1) is 12.9. The predicted molar refractivity (Wildman–Crippen MR) is 69.1 cm³/mol. The van der Waals surface area contributed by atoms with Crippen LogP contribution in [0.3, 0.4) is 0 Å². The molecule has 0 radical (unpaired) electrons. The molecular weight excluding hydrogens is 228 g/mol. The SMILES string of the molecule is CCO[C@@]12CC[C@H]3C(C)(C)[C@@H](O)CC[C@]3(CO1)C2. The molecule has 2 bridgehead atoms. The number of hydrogen-bond donors (Lipinski definition) is 1. The molecule has 3 rings (SSSR count). The summed E-state index contributed by atoms with van der Waals surface area (Å²) in [5, 5.41) is 10.3. The minimum absolute atomic E-state index is 0.0182. The fraction of sp³-hybridized carbons (Fsp3) is 1.00. The Morgan fingerprint density at radius 1 is 1.28 bits per heavy atom. The molecule has 1 aliphatic heterocycles. The van der Waals surface area contributed by atoms with E-state index >= 15 is 0 Å². The lowest BCUT2D eigenvalue weighted by atomic mass is 9.50. The Labute approximate surface area is 110 Å². The van der Waals surface area contributed by atoms with Crippen LogP contribution in [0.4, 0.5) is 0 Å². The third-order valence-electron chi connectivity index (χ3n) is 5.88. The maximum atomic E-state index is 10.3. The molecule has 4 atom stereocenters. The van der Waals surface area contributed by atoms with Crippen molar-refractivity contribution in [2.45, 2.75) is 64.8 Å². The molecule has 104 valence electrons. The Balaban J connectivity index is 1.89. The van der Waals surface area contributed by atoms with Gasteiger partial charge in [0.25, 0.3) is 0 Å². The zero-order valence-corrected chi connectivity index (χ0v) is 11.9. The highest BCUT2D eigenvalue weighted by atomic mass is 16.7. The van der Waals surface area contributed by atoms with Crippen molar-refractivity contribution in [3.8, 4) is 0 Å². The van der Waals surface area contributed by atoms with E-state index in [1.165, 1.54) is 0 Å². The molecule has 3 nitrogen and oxygen atoms in total. The van der Waals surface area contributed by atoms with Crippen LogP contribution < -0.4 is 0 Å². The highest BCUT2D eigenvalue weighted by Crippen LogP contribution is 2.63. The summed E-state index contributed by atoms with van der Waals surface area (Å²) in [5.74, 6) is 0.272. The van der Waals surface area contributed by atoms with Crippen LogP contribution in [0, 0.1) is 16.7 Å². The van der Waals surface area contributed by atoms with E-state index in [2.05, 4.69) is 13.8 Å². The second-order valence-corrected chi connectivity index (χ2v) is 7.14. The third-order valence-corrected chi connectivity index (χ3v) is 5.88. The maximum Gasteiger partial charge on any atom is 0.168 e. The Hall–Kier alpha value is -0.120. The lowest BCUT2D eigenvalue weighted by molar-refractivity contribution is -0.220. The number of ether oxygens (including phenoxy) is 2. The van der Waals surface area contributed by atoms with Gasteiger partial charge in [-0.25, -0.2) is 0 Å². The minimum atomic E-state index is -0.302. The predicted octanol–water partition coefficient (Wildman–Crippen LogP) is 2.72. The number of fused-ring (bicyclic) bond motifs is 1. The quantitative estimate of drug-likeness (QED) is 0.823. The van der Waals surface area contributed by atoms with Gasteiger partial charge in [-0.15, -0.1) is 0 Å². The summed E-state index contributed by atoms with van der Waals surface area (Å²) in [7, 11) is 0. The number of aliphatic hydroxyl groups is 1. The first-order valence-electron chi connectivity index (χ1n) is 7.40. The maximum absolute atomic E-state index is 10.3. The first-order valence-corrected chi connectivity index (χ1v) is 7.40. The van der Waals surface area contributed by atoms with Gasteiger partial charge in [0.1, 0.15) is 0 Å². The summed E-state index contributed by atoms with van der Waals surface area (Å²) in [6.45, 7) is 8.06. The van der Waals surface area contributed by atoms with E-state index < -0.39 is 0 Å². The van der Waals surface area contributed by atoms with Crippen molar-refractivity contribution < 1.29 is 14.6 Å². The van der Waals surface area contributed by atoms with Gasteiger partial charge in [-0.3, -0.25) is 0 Å². The molecule has 18 heavy (non-hydrogen) atoms. The zero-order valence-electron chi connectivity index (χ0n) is 11.9. The van der Waals surface area contributed by atoms with Crippen LogP contribution in [0.15, 0.2) is 0 Å². The van der Waals surface area contributed by atoms with E-state index in [1.54, 1.807) is 0 Å². The second-order valence-electron chi connectivity index (χ2n) is 7.14. The lowest BCUT2D eigenvalue weighted by Gasteiger charge is -2.55. The average Bonchev–Trinajstić information content (AvgIpc) is 2.59. The van der Waals surface area contributed by atoms with E-state index in [-0.39, 0.29) is 22.7 Å². The van der Waals surface area contributed by atoms with Crippen LogP contribution in [0.1, 0.15) is 52.9 Å². The van der Waals surface area contributed by atoms with Crippen molar-refractivity contribution in [3.63, 3.8) is 0 Å². The molecule has 1 heterocycles. The first-order chi connectivity index (χ1) is 8.44. The van der Waals surface area contributed by atoms with Gasteiger partial charge in [-0.1, -0.05) is 13.8 Å². The van der Waals surface area contributed by atoms with Gasteiger partial charge >= 0.3 is 0 Å². The van der Waals surface area contributed by atoms with Crippen molar-refractivity contribution in [2.24, 2.45) is 16.7 Å². The van der Waals surface area contributed by atoms with Gasteiger partial charge in [-0.2, -0.15) is 0 Å². The van der Waals surface area contributed by atoms with Crippen molar-refractivity contribution in [1.82, 2.24) is 0 Å². The summed E-state index contributed by atoms with van der Waals surface area (Å²) in [4.78, 5) is 0.